The minimum Gasteiger partial charge on any atom is -0.348 e. The predicted molar refractivity (Wildman–Crippen MR) is 36.8 cm³/mol. The first-order valence-electron chi connectivity index (χ1n) is 2.42. The highest BCUT2D eigenvalue weighted by molar-refractivity contribution is 7.40. The average Bonchev–Trinajstić information content (AvgIpc) is 1.83. The Kier molecular flexibility index (Phi) is 4.18. The van der Waals surface area contributed by atoms with Crippen molar-refractivity contribution in [1.82, 2.24) is 5.32 Å². The van der Waals surface area contributed by atoms with Crippen molar-refractivity contribution in [3.05, 3.63) is 0 Å². The fourth-order valence-corrected chi connectivity index (χ4v) is 0.360. The largest absolute Gasteiger partial charge is 0.348 e. The topological polar surface area (TPSA) is 72.2 Å². The Labute approximate surface area is 55.4 Å². The van der Waals surface area contributed by atoms with Gasteiger partial charge >= 0.3 is 0 Å². The number of hydrogen-bond acceptors (Lipinski definition) is 3. The molecule has 0 aromatic rings. The van der Waals surface area contributed by atoms with Crippen LogP contribution in [-0.4, -0.2) is 24.5 Å². The van der Waals surface area contributed by atoms with Crippen LogP contribution in [0.15, 0.2) is 0 Å². The van der Waals surface area contributed by atoms with Crippen LogP contribution in [0.2, 0.25) is 0 Å². The van der Waals surface area contributed by atoms with Crippen molar-refractivity contribution < 1.29 is 9.59 Å². The standard InChI is InChI=1S/C4H9N2O2P/c5-1-3(7)6-2-4(8)9/h1-2,5,9H2,(H,6,7). The van der Waals surface area contributed by atoms with Gasteiger partial charge in [-0.25, -0.2) is 0 Å². The van der Waals surface area contributed by atoms with Crippen LogP contribution in [-0.2, 0) is 9.59 Å². The molecule has 0 rings (SSSR count). The maximum atomic E-state index is 10.3. The molecule has 4 nitrogen and oxygen atoms in total. The molecule has 0 aliphatic rings. The van der Waals surface area contributed by atoms with Gasteiger partial charge in [0.1, 0.15) is 0 Å². The molecule has 0 spiro atoms. The normalized spacial score (nSPS) is 8.67. The summed E-state index contributed by atoms with van der Waals surface area (Å²) in [5.74, 6) is -0.314. The molecule has 0 fully saturated rings. The first-order chi connectivity index (χ1) is 4.16. The van der Waals surface area contributed by atoms with Crippen LogP contribution in [0.1, 0.15) is 0 Å². The fourth-order valence-electron chi connectivity index (χ4n) is 0.258. The molecule has 3 N–H and O–H groups in total. The van der Waals surface area contributed by atoms with Gasteiger partial charge in [0.15, 0.2) is 5.52 Å². The number of carbonyl (C=O) groups excluding carboxylic acids is 2. The van der Waals surface area contributed by atoms with Crippen molar-refractivity contribution in [3.63, 3.8) is 0 Å². The molecule has 0 heterocycles. The smallest absolute Gasteiger partial charge is 0.234 e. The van der Waals surface area contributed by atoms with E-state index in [4.69, 9.17) is 5.73 Å². The van der Waals surface area contributed by atoms with Gasteiger partial charge in [-0.1, -0.05) is 9.24 Å². The Balaban J connectivity index is 3.28. The number of rotatable bonds is 3. The fraction of sp³-hybridized carbons (Fsp3) is 0.500. The van der Waals surface area contributed by atoms with Crippen molar-refractivity contribution in [2.75, 3.05) is 13.1 Å². The summed E-state index contributed by atoms with van der Waals surface area (Å²) in [5, 5.41) is 2.30. The van der Waals surface area contributed by atoms with E-state index in [1.165, 1.54) is 0 Å². The van der Waals surface area contributed by atoms with Crippen LogP contribution in [0.4, 0.5) is 0 Å². The van der Waals surface area contributed by atoms with Crippen LogP contribution in [0.3, 0.4) is 0 Å². The molecule has 0 saturated carbocycles. The molecule has 0 bridgehead atoms. The second-order valence-electron chi connectivity index (χ2n) is 1.45. The van der Waals surface area contributed by atoms with Gasteiger partial charge in [-0.15, -0.1) is 0 Å². The van der Waals surface area contributed by atoms with Crippen LogP contribution in [0, 0.1) is 0 Å². The maximum absolute atomic E-state index is 10.3. The van der Waals surface area contributed by atoms with Gasteiger partial charge in [-0.3, -0.25) is 9.59 Å². The van der Waals surface area contributed by atoms with Gasteiger partial charge in [-0.05, 0) is 0 Å². The van der Waals surface area contributed by atoms with E-state index in [2.05, 4.69) is 5.32 Å². The predicted octanol–water partition coefficient (Wildman–Crippen LogP) is -1.54. The van der Waals surface area contributed by atoms with E-state index in [-0.39, 0.29) is 24.5 Å². The zero-order valence-corrected chi connectivity index (χ0v) is 6.04. The van der Waals surface area contributed by atoms with Gasteiger partial charge in [0.2, 0.25) is 5.91 Å². The molecule has 9 heavy (non-hydrogen) atoms. The second kappa shape index (κ2) is 4.41. The highest BCUT2D eigenvalue weighted by Gasteiger charge is 1.96. The van der Waals surface area contributed by atoms with Crippen LogP contribution in [0.5, 0.6) is 0 Å². The summed E-state index contributed by atoms with van der Waals surface area (Å²) < 4.78 is 0. The quantitative estimate of drug-likeness (QED) is 0.476. The first kappa shape index (κ1) is 8.53. The summed E-state index contributed by atoms with van der Waals surface area (Å²) >= 11 is 0. The van der Waals surface area contributed by atoms with Crippen LogP contribution >= 0.6 is 9.24 Å². The minimum absolute atomic E-state index is 0.0424. The zero-order chi connectivity index (χ0) is 7.28. The van der Waals surface area contributed by atoms with E-state index < -0.39 is 0 Å². The van der Waals surface area contributed by atoms with Crippen molar-refractivity contribution in [2.45, 2.75) is 0 Å². The Hall–Kier alpha value is -0.470. The Morgan fingerprint density at radius 2 is 2.11 bits per heavy atom. The summed E-state index contributed by atoms with van der Waals surface area (Å²) in [4.78, 5) is 20.5. The lowest BCUT2D eigenvalue weighted by Crippen LogP contribution is -2.32. The van der Waals surface area contributed by atoms with E-state index in [1.807, 2.05) is 9.24 Å². The SMILES string of the molecule is NCC(=O)NCC(=O)P. The van der Waals surface area contributed by atoms with E-state index in [0.29, 0.717) is 0 Å². The monoisotopic (exact) mass is 148 g/mol. The average molecular weight is 148 g/mol. The number of carbonyl (C=O) groups is 2. The number of hydrogen-bond donors (Lipinski definition) is 2. The highest BCUT2D eigenvalue weighted by atomic mass is 31.0. The lowest BCUT2D eigenvalue weighted by Gasteiger charge is -1.96. The summed E-state index contributed by atoms with van der Waals surface area (Å²) in [5.41, 5.74) is 4.77. The van der Waals surface area contributed by atoms with Crippen molar-refractivity contribution in [1.29, 1.82) is 0 Å². The summed E-state index contributed by atoms with van der Waals surface area (Å²) in [7, 11) is 1.95. The molecule has 5 heteroatoms. The Morgan fingerprint density at radius 3 is 2.44 bits per heavy atom. The maximum Gasteiger partial charge on any atom is 0.234 e. The van der Waals surface area contributed by atoms with Crippen molar-refractivity contribution in [2.24, 2.45) is 5.73 Å². The summed E-state index contributed by atoms with van der Waals surface area (Å²) in [6.45, 7) is -0.0291. The molecule has 0 saturated heterocycles. The molecule has 1 unspecified atom stereocenters. The molecular formula is C4H9N2O2P. The molecule has 1 amide bonds. The molecule has 0 aliphatic heterocycles. The second-order valence-corrected chi connectivity index (χ2v) is 2.09. The molecule has 0 aromatic heterocycles. The molecular weight excluding hydrogens is 139 g/mol. The van der Waals surface area contributed by atoms with E-state index in [1.54, 1.807) is 0 Å². The molecule has 1 atom stereocenters. The molecule has 52 valence electrons. The number of amides is 1. The Bertz CT molecular complexity index is 126. The molecule has 0 aromatic carbocycles. The third kappa shape index (κ3) is 5.40. The molecule has 0 aliphatic carbocycles. The Morgan fingerprint density at radius 1 is 1.56 bits per heavy atom. The van der Waals surface area contributed by atoms with Gasteiger partial charge < -0.3 is 11.1 Å². The number of nitrogens with one attached hydrogen (secondary N) is 1. The molecule has 0 radical (unpaired) electrons. The van der Waals surface area contributed by atoms with Crippen LogP contribution in [0.25, 0.3) is 0 Å². The van der Waals surface area contributed by atoms with Crippen molar-refractivity contribution in [3.8, 4) is 0 Å². The van der Waals surface area contributed by atoms with E-state index in [0.717, 1.165) is 0 Å². The van der Waals surface area contributed by atoms with E-state index in [9.17, 15) is 9.59 Å². The third-order valence-corrected chi connectivity index (χ3v) is 0.849. The van der Waals surface area contributed by atoms with Gasteiger partial charge in [0, 0.05) is 0 Å². The van der Waals surface area contributed by atoms with Gasteiger partial charge in [-0.2, -0.15) is 0 Å². The third-order valence-electron chi connectivity index (χ3n) is 0.645. The lowest BCUT2D eigenvalue weighted by molar-refractivity contribution is -0.121. The summed E-state index contributed by atoms with van der Waals surface area (Å²) in [6, 6.07) is 0. The van der Waals surface area contributed by atoms with E-state index >= 15 is 0 Å². The first-order valence-corrected chi connectivity index (χ1v) is 2.99. The van der Waals surface area contributed by atoms with Crippen molar-refractivity contribution >= 4 is 20.7 Å². The zero-order valence-electron chi connectivity index (χ0n) is 4.89. The van der Waals surface area contributed by atoms with Crippen LogP contribution < -0.4 is 11.1 Å². The van der Waals surface area contributed by atoms with Gasteiger partial charge in [0.25, 0.3) is 0 Å². The number of nitrogens with two attached hydrogens (primary N) is 1. The van der Waals surface area contributed by atoms with Gasteiger partial charge in [0.05, 0.1) is 13.1 Å². The summed E-state index contributed by atoms with van der Waals surface area (Å²) in [6.07, 6.45) is 0. The lowest BCUT2D eigenvalue weighted by atomic mass is 10.6. The highest BCUT2D eigenvalue weighted by Crippen LogP contribution is 1.79. The minimum atomic E-state index is -0.314.